The normalized spacial score (nSPS) is 12.2. The van der Waals surface area contributed by atoms with Crippen molar-refractivity contribution < 1.29 is 14.6 Å². The van der Waals surface area contributed by atoms with Gasteiger partial charge in [0, 0.05) is 12.2 Å². The number of nitrogens with two attached hydrogens (primary N) is 1. The highest BCUT2D eigenvalue weighted by Crippen LogP contribution is 2.28. The van der Waals surface area contributed by atoms with Crippen molar-refractivity contribution in [1.29, 1.82) is 0 Å². The van der Waals surface area contributed by atoms with Crippen molar-refractivity contribution in [2.45, 2.75) is 25.3 Å². The van der Waals surface area contributed by atoms with Crippen LogP contribution in [0.4, 0.5) is 5.82 Å². The van der Waals surface area contributed by atoms with Gasteiger partial charge < -0.3 is 19.9 Å². The van der Waals surface area contributed by atoms with E-state index in [2.05, 4.69) is 20.5 Å². The molecule has 0 radical (unpaired) electrons. The Labute approximate surface area is 182 Å². The number of rotatable bonds is 6. The molecule has 2 heterocycles. The molecule has 2 aromatic carbocycles. The molecule has 4 rings (SSSR count). The Bertz CT molecular complexity index is 1250. The summed E-state index contributed by atoms with van der Waals surface area (Å²) < 4.78 is 13.7. The standard InChI is InChI=1S/C20H21BN6O3S/c1-12-9-16-17(7-4-8-18(16)31(22)30)27(12)20-24-19(13(2)25-26-20)23-11-14-5-3-6-15(10-14)21(28)29/h3-10,28-29H,11,22H2,1-2H3,(H,23,24,26). The Morgan fingerprint density at radius 3 is 2.65 bits per heavy atom. The molecule has 0 aliphatic rings. The Balaban J connectivity index is 1.68. The molecule has 0 aliphatic heterocycles. The molecule has 5 N–H and O–H groups in total. The van der Waals surface area contributed by atoms with Crippen molar-refractivity contribution in [3.8, 4) is 5.95 Å². The monoisotopic (exact) mass is 436 g/mol. The minimum absolute atomic E-state index is 0.375. The minimum Gasteiger partial charge on any atom is -0.593 e. The van der Waals surface area contributed by atoms with Gasteiger partial charge in [-0.25, -0.2) is 0 Å². The molecular weight excluding hydrogens is 415 g/mol. The van der Waals surface area contributed by atoms with Crippen molar-refractivity contribution in [2.75, 3.05) is 5.32 Å². The van der Waals surface area contributed by atoms with E-state index in [0.29, 0.717) is 34.4 Å². The number of nitrogens with zero attached hydrogens (tertiary/aromatic N) is 4. The predicted octanol–water partition coefficient (Wildman–Crippen LogP) is 0.706. The maximum atomic E-state index is 11.9. The van der Waals surface area contributed by atoms with Crippen LogP contribution in [-0.4, -0.2) is 41.5 Å². The fourth-order valence-electron chi connectivity index (χ4n) is 3.46. The van der Waals surface area contributed by atoms with Crippen LogP contribution in [0.5, 0.6) is 0 Å². The van der Waals surface area contributed by atoms with Crippen LogP contribution >= 0.6 is 0 Å². The largest absolute Gasteiger partial charge is 0.593 e. The summed E-state index contributed by atoms with van der Waals surface area (Å²) >= 11 is -1.61. The van der Waals surface area contributed by atoms with Crippen molar-refractivity contribution in [3.05, 3.63) is 65.5 Å². The van der Waals surface area contributed by atoms with Gasteiger partial charge in [-0.05, 0) is 43.1 Å². The lowest BCUT2D eigenvalue weighted by molar-refractivity contribution is 0.425. The molecule has 4 aromatic rings. The maximum Gasteiger partial charge on any atom is 0.488 e. The molecule has 0 bridgehead atoms. The zero-order valence-corrected chi connectivity index (χ0v) is 17.8. The number of hydrogen-bond acceptors (Lipinski definition) is 8. The van der Waals surface area contributed by atoms with E-state index in [0.717, 1.165) is 22.2 Å². The lowest BCUT2D eigenvalue weighted by atomic mass is 9.80. The molecule has 0 fully saturated rings. The molecule has 1 atom stereocenters. The van der Waals surface area contributed by atoms with Crippen LogP contribution in [0.15, 0.2) is 53.4 Å². The minimum atomic E-state index is -1.61. The van der Waals surface area contributed by atoms with Crippen molar-refractivity contribution in [1.82, 2.24) is 19.7 Å². The lowest BCUT2D eigenvalue weighted by Crippen LogP contribution is -2.30. The molecule has 31 heavy (non-hydrogen) atoms. The second-order valence-electron chi connectivity index (χ2n) is 7.13. The third-order valence-electron chi connectivity index (χ3n) is 4.96. The van der Waals surface area contributed by atoms with Crippen LogP contribution < -0.4 is 15.9 Å². The summed E-state index contributed by atoms with van der Waals surface area (Å²) in [5.74, 6) is 0.930. The first-order chi connectivity index (χ1) is 14.8. The van der Waals surface area contributed by atoms with Gasteiger partial charge >= 0.3 is 7.12 Å². The number of fused-ring (bicyclic) bond motifs is 1. The molecule has 9 nitrogen and oxygen atoms in total. The number of nitrogens with one attached hydrogen (secondary N) is 1. The number of benzene rings is 2. The highest BCUT2D eigenvalue weighted by atomic mass is 32.2. The Morgan fingerprint density at radius 1 is 1.13 bits per heavy atom. The smallest absolute Gasteiger partial charge is 0.488 e. The topological polar surface area (TPSA) is 145 Å². The van der Waals surface area contributed by atoms with E-state index in [1.54, 1.807) is 37.3 Å². The summed E-state index contributed by atoms with van der Waals surface area (Å²) in [6.45, 7) is 4.13. The van der Waals surface area contributed by atoms with Gasteiger partial charge in [0.05, 0.1) is 22.3 Å². The molecule has 158 valence electrons. The van der Waals surface area contributed by atoms with E-state index in [4.69, 9.17) is 5.14 Å². The Morgan fingerprint density at radius 2 is 1.90 bits per heavy atom. The SMILES string of the molecule is Cc1nnc(-n2c(C)cc3c([S+](N)[O-])cccc32)nc1NCc1cccc(B(O)O)c1. The third kappa shape index (κ3) is 4.27. The van der Waals surface area contributed by atoms with Gasteiger partial charge in [0.15, 0.2) is 10.7 Å². The van der Waals surface area contributed by atoms with E-state index in [1.807, 2.05) is 29.7 Å². The van der Waals surface area contributed by atoms with Gasteiger partial charge in [0.1, 0.15) is 5.69 Å². The van der Waals surface area contributed by atoms with E-state index in [1.165, 1.54) is 0 Å². The van der Waals surface area contributed by atoms with E-state index in [-0.39, 0.29) is 0 Å². The fraction of sp³-hybridized carbons (Fsp3) is 0.150. The first kappa shape index (κ1) is 21.3. The molecule has 0 saturated carbocycles. The number of anilines is 1. The Kier molecular flexibility index (Phi) is 5.94. The van der Waals surface area contributed by atoms with E-state index in [9.17, 15) is 14.6 Å². The highest BCUT2D eigenvalue weighted by Gasteiger charge is 2.19. The molecule has 0 saturated heterocycles. The van der Waals surface area contributed by atoms with E-state index < -0.39 is 18.5 Å². The quantitative estimate of drug-likeness (QED) is 0.255. The van der Waals surface area contributed by atoms with Gasteiger partial charge in [0.25, 0.3) is 5.95 Å². The Hall–Kier alpha value is -2.96. The summed E-state index contributed by atoms with van der Waals surface area (Å²) in [4.78, 5) is 5.19. The second kappa shape index (κ2) is 8.65. The van der Waals surface area contributed by atoms with Crippen molar-refractivity contribution in [3.63, 3.8) is 0 Å². The molecule has 0 spiro atoms. The third-order valence-corrected chi connectivity index (χ3v) is 5.75. The summed E-state index contributed by atoms with van der Waals surface area (Å²) in [5.41, 5.74) is 3.55. The molecular formula is C20H21BN6O3S. The van der Waals surface area contributed by atoms with Gasteiger partial charge in [-0.2, -0.15) is 4.98 Å². The molecule has 0 amide bonds. The second-order valence-corrected chi connectivity index (χ2v) is 8.16. The summed E-state index contributed by atoms with van der Waals surface area (Å²) in [6.07, 6.45) is 0. The van der Waals surface area contributed by atoms with Crippen LogP contribution in [0.2, 0.25) is 0 Å². The number of aryl methyl sites for hydroxylation is 2. The van der Waals surface area contributed by atoms with E-state index >= 15 is 0 Å². The number of aromatic nitrogens is 4. The average molecular weight is 436 g/mol. The van der Waals surface area contributed by atoms with Crippen LogP contribution in [-0.2, 0) is 17.9 Å². The van der Waals surface area contributed by atoms with Crippen LogP contribution in [0.25, 0.3) is 16.9 Å². The highest BCUT2D eigenvalue weighted by molar-refractivity contribution is 7.89. The zero-order chi connectivity index (χ0) is 22.1. The first-order valence-corrected chi connectivity index (χ1v) is 10.7. The molecule has 2 aromatic heterocycles. The average Bonchev–Trinajstić information content (AvgIpc) is 3.09. The lowest BCUT2D eigenvalue weighted by Gasteiger charge is -2.12. The summed E-state index contributed by atoms with van der Waals surface area (Å²) in [7, 11) is -1.52. The molecule has 1 unspecified atom stereocenters. The number of hydrogen-bond donors (Lipinski definition) is 4. The summed E-state index contributed by atoms with van der Waals surface area (Å²) in [6, 6.07) is 14.3. The van der Waals surface area contributed by atoms with Crippen LogP contribution in [0.3, 0.4) is 0 Å². The van der Waals surface area contributed by atoms with Crippen molar-refractivity contribution in [2.24, 2.45) is 5.14 Å². The van der Waals surface area contributed by atoms with Gasteiger partial charge in [-0.15, -0.1) is 15.3 Å². The molecule has 11 heteroatoms. The van der Waals surface area contributed by atoms with Gasteiger partial charge in [-0.1, -0.05) is 30.3 Å². The fourth-order valence-corrected chi connectivity index (χ4v) is 4.05. The van der Waals surface area contributed by atoms with Crippen molar-refractivity contribution >= 4 is 40.7 Å². The maximum absolute atomic E-state index is 11.9. The first-order valence-electron chi connectivity index (χ1n) is 9.53. The van der Waals surface area contributed by atoms with Crippen LogP contribution in [0.1, 0.15) is 17.0 Å². The van der Waals surface area contributed by atoms with Gasteiger partial charge in [0.2, 0.25) is 0 Å². The van der Waals surface area contributed by atoms with Gasteiger partial charge in [-0.3, -0.25) is 4.57 Å². The predicted molar refractivity (Wildman–Crippen MR) is 120 cm³/mol. The molecule has 0 aliphatic carbocycles. The summed E-state index contributed by atoms with van der Waals surface area (Å²) in [5, 5.41) is 36.8. The van der Waals surface area contributed by atoms with Crippen LogP contribution in [0, 0.1) is 13.8 Å². The zero-order valence-electron chi connectivity index (χ0n) is 17.0.